The lowest BCUT2D eigenvalue weighted by Crippen LogP contribution is -2.59. The molecule has 8 atom stereocenters. The van der Waals surface area contributed by atoms with Gasteiger partial charge in [-0.25, -0.2) is 0 Å². The standard InChI is InChI=1S/C53H93N11O13.C4H10.C3H8.C2H6.2C2H2/c1-30(2)22-37-49(73)57-46(33(7)8)53(77)59(13)27-41(65)55-35(10)47(71)56-36(11)50(74)63(17)40(24-32(5)6)52(76)64(18)39(23-31(3)4)51(75)60(14)29-44(68)62(16)38(25-34(9)20-19-21-45(69)70)48(72)54-26-42(66)58(12)28-43(67)61(37)15;1-4(2)3;1-3-2;3*1-2/h30-40,46H,19-29H2,1-18H3,(H,54,72)(H,55,65)(H,56,71)(H,57,73)(H,69,70);4H,1-3H3;3H2,1-2H3;1-2H3;2*1-2H/t34-,35+,36+,37+,38?,39+,40+,46?;;;;;/m1...../s1. The number of nitrogens with one attached hydrogen (secondary N) is 4. The molecule has 1 aliphatic heterocycles. The van der Waals surface area contributed by atoms with Crippen LogP contribution in [0.15, 0.2) is 0 Å². The Bertz CT molecular complexity index is 2260. The second-order valence-electron chi connectivity index (χ2n) is 25.0. The molecule has 0 radical (unpaired) electrons. The lowest BCUT2D eigenvalue weighted by molar-refractivity contribution is -0.152. The molecule has 0 spiro atoms. The zero-order valence-corrected chi connectivity index (χ0v) is 59.8. The lowest BCUT2D eigenvalue weighted by atomic mass is 9.94. The van der Waals surface area contributed by atoms with Crippen molar-refractivity contribution in [1.29, 1.82) is 0 Å². The zero-order chi connectivity index (χ0) is 71.8. The molecule has 0 aromatic carbocycles. The van der Waals surface area contributed by atoms with E-state index in [1.807, 2.05) is 55.4 Å². The van der Waals surface area contributed by atoms with Gasteiger partial charge in [0.1, 0.15) is 42.3 Å². The molecule has 11 amide bonds. The Labute approximate surface area is 542 Å². The highest BCUT2D eigenvalue weighted by atomic mass is 16.4. The molecular weight excluding hydrogens is 1150 g/mol. The fourth-order valence-electron chi connectivity index (χ4n) is 8.88. The highest BCUT2D eigenvalue weighted by molar-refractivity contribution is 5.98. The van der Waals surface area contributed by atoms with Gasteiger partial charge in [0.25, 0.3) is 0 Å². The molecule has 1 heterocycles. The van der Waals surface area contributed by atoms with Crippen molar-refractivity contribution >= 4 is 70.9 Å². The summed E-state index contributed by atoms with van der Waals surface area (Å²) in [5.41, 5.74) is 0. The third kappa shape index (κ3) is 35.8. The summed E-state index contributed by atoms with van der Waals surface area (Å²) in [6.45, 7) is 31.7. The van der Waals surface area contributed by atoms with Crippen LogP contribution >= 0.6 is 0 Å². The zero-order valence-electron chi connectivity index (χ0n) is 59.8. The fraction of sp³-hybridized carbons (Fsp3) is 0.758. The maximum absolute atomic E-state index is 14.6. The van der Waals surface area contributed by atoms with Crippen molar-refractivity contribution in [3.63, 3.8) is 0 Å². The van der Waals surface area contributed by atoms with Crippen LogP contribution in [0, 0.1) is 61.2 Å². The smallest absolute Gasteiger partial charge is 0.303 e. The first-order chi connectivity index (χ1) is 41.7. The topological polar surface area (TPSA) is 296 Å². The Morgan fingerprint density at radius 1 is 0.489 bits per heavy atom. The van der Waals surface area contributed by atoms with Crippen LogP contribution in [0.3, 0.4) is 0 Å². The van der Waals surface area contributed by atoms with Gasteiger partial charge in [0, 0.05) is 55.8 Å². The van der Waals surface area contributed by atoms with Crippen molar-refractivity contribution in [1.82, 2.24) is 55.6 Å². The molecule has 90 heavy (non-hydrogen) atoms. The molecule has 5 N–H and O–H groups in total. The van der Waals surface area contributed by atoms with Gasteiger partial charge in [-0.3, -0.25) is 57.5 Å². The van der Waals surface area contributed by atoms with Crippen molar-refractivity contribution in [3.05, 3.63) is 0 Å². The van der Waals surface area contributed by atoms with E-state index in [4.69, 9.17) is 0 Å². The summed E-state index contributed by atoms with van der Waals surface area (Å²) >= 11 is 0. The number of likely N-dealkylation sites (N-methyl/N-ethyl adjacent to an activating group) is 7. The van der Waals surface area contributed by atoms with E-state index in [1.54, 1.807) is 20.8 Å². The van der Waals surface area contributed by atoms with Gasteiger partial charge in [-0.1, -0.05) is 124 Å². The van der Waals surface area contributed by atoms with E-state index in [0.29, 0.717) is 12.8 Å². The Kier molecular flexibility index (Phi) is 49.4. The average Bonchev–Trinajstić information content (AvgIpc) is 1.66. The van der Waals surface area contributed by atoms with E-state index in [0.717, 1.165) is 25.5 Å². The van der Waals surface area contributed by atoms with Crippen molar-refractivity contribution in [2.45, 2.75) is 218 Å². The number of nitrogens with zero attached hydrogens (tertiary/aromatic N) is 7. The number of hydrogen-bond acceptors (Lipinski definition) is 12. The highest BCUT2D eigenvalue weighted by Gasteiger charge is 2.40. The van der Waals surface area contributed by atoms with Crippen LogP contribution in [0.5, 0.6) is 0 Å². The largest absolute Gasteiger partial charge is 0.481 e. The number of carbonyl (C=O) groups excluding carboxylic acids is 11. The second-order valence-corrected chi connectivity index (χ2v) is 25.0. The summed E-state index contributed by atoms with van der Waals surface area (Å²) in [5, 5.41) is 19.7. The molecule has 1 fully saturated rings. The monoisotopic (exact) mass is 1280 g/mol. The number of amides is 11. The van der Waals surface area contributed by atoms with Gasteiger partial charge in [-0.05, 0) is 81.5 Å². The first-order valence-corrected chi connectivity index (χ1v) is 31.5. The molecule has 24 heteroatoms. The van der Waals surface area contributed by atoms with E-state index in [-0.39, 0.29) is 55.8 Å². The molecule has 24 nitrogen and oxygen atoms in total. The minimum atomic E-state index is -1.21. The summed E-state index contributed by atoms with van der Waals surface area (Å²) in [6, 6.07) is -8.10. The van der Waals surface area contributed by atoms with Gasteiger partial charge in [0.15, 0.2) is 0 Å². The minimum absolute atomic E-state index is 0.0462. The first kappa shape index (κ1) is 91.5. The number of aliphatic carboxylic acids is 1. The molecule has 2 unspecified atom stereocenters. The third-order valence-electron chi connectivity index (χ3n) is 13.8. The molecule has 1 saturated heterocycles. The molecule has 0 aliphatic carbocycles. The molecule has 0 aromatic heterocycles. The molecule has 0 saturated carbocycles. The summed E-state index contributed by atoms with van der Waals surface area (Å²) < 4.78 is 0. The van der Waals surface area contributed by atoms with Crippen LogP contribution in [0.4, 0.5) is 0 Å². The molecule has 518 valence electrons. The quantitative estimate of drug-likeness (QED) is 0.152. The molecule has 1 rings (SSSR count). The number of carboxylic acid groups (broad SMARTS) is 1. The van der Waals surface area contributed by atoms with Crippen LogP contribution in [-0.2, 0) is 57.5 Å². The Balaban J connectivity index is -0.00000170. The lowest BCUT2D eigenvalue weighted by Gasteiger charge is -2.38. The van der Waals surface area contributed by atoms with Crippen LogP contribution in [0.25, 0.3) is 0 Å². The van der Waals surface area contributed by atoms with Crippen LogP contribution < -0.4 is 21.3 Å². The third-order valence-corrected chi connectivity index (χ3v) is 13.8. The minimum Gasteiger partial charge on any atom is -0.481 e. The van der Waals surface area contributed by atoms with Crippen molar-refractivity contribution in [3.8, 4) is 25.7 Å². The predicted molar refractivity (Wildman–Crippen MR) is 355 cm³/mol. The van der Waals surface area contributed by atoms with Gasteiger partial charge in [-0.15, -0.1) is 25.7 Å². The van der Waals surface area contributed by atoms with Crippen molar-refractivity contribution < 1.29 is 62.6 Å². The maximum atomic E-state index is 14.6. The van der Waals surface area contributed by atoms with Crippen molar-refractivity contribution in [2.75, 3.05) is 75.5 Å². The van der Waals surface area contributed by atoms with Crippen molar-refractivity contribution in [2.24, 2.45) is 35.5 Å². The second kappa shape index (κ2) is 48.6. The summed E-state index contributed by atoms with van der Waals surface area (Å²) in [4.78, 5) is 173. The number of rotatable bonds is 13. The fourth-order valence-corrected chi connectivity index (χ4v) is 8.88. The number of carboxylic acids is 1. The molecule has 0 bridgehead atoms. The van der Waals surface area contributed by atoms with Gasteiger partial charge in [0.05, 0.1) is 26.2 Å². The van der Waals surface area contributed by atoms with Gasteiger partial charge >= 0.3 is 5.97 Å². The SMILES string of the molecule is C#C.C#C.CC.CC(C)C.CC(C)C[C@H]1C(=O)NC(C(C)C)C(=O)N(C)CC(=O)N[C@@H](C)C(=O)N[C@@H](C)C(=O)N(C)[C@@H](CC(C)C)C(=O)N(C)[C@@H](CC(C)C)C(=O)N(C)CC(=O)N(C)C(C[C@H](C)CCCC(=O)O)C(=O)NCC(=O)N(C)CC(=O)N1C.CCC. The first-order valence-electron chi connectivity index (χ1n) is 31.5. The van der Waals surface area contributed by atoms with Crippen LogP contribution in [0.2, 0.25) is 0 Å². The van der Waals surface area contributed by atoms with E-state index >= 15 is 0 Å². The molecule has 1 aliphatic rings. The van der Waals surface area contributed by atoms with E-state index < -0.39 is 145 Å². The maximum Gasteiger partial charge on any atom is 0.303 e. The Hall–Kier alpha value is -7.24. The van der Waals surface area contributed by atoms with E-state index in [2.05, 4.69) is 81.6 Å². The molecule has 0 aromatic rings. The number of carbonyl (C=O) groups is 12. The number of hydrogen-bond donors (Lipinski definition) is 5. The highest BCUT2D eigenvalue weighted by Crippen LogP contribution is 2.22. The Morgan fingerprint density at radius 3 is 1.30 bits per heavy atom. The molecular formula is C66H121N11O13. The van der Waals surface area contributed by atoms with Gasteiger partial charge < -0.3 is 60.7 Å². The van der Waals surface area contributed by atoms with Crippen LogP contribution in [0.1, 0.15) is 176 Å². The normalized spacial score (nSPS) is 21.9. The summed E-state index contributed by atoms with van der Waals surface area (Å²) in [7, 11) is 9.69. The van der Waals surface area contributed by atoms with E-state index in [1.165, 1.54) is 84.3 Å². The Morgan fingerprint density at radius 2 is 0.878 bits per heavy atom. The van der Waals surface area contributed by atoms with E-state index in [9.17, 15) is 62.6 Å². The summed E-state index contributed by atoms with van der Waals surface area (Å²) in [6.07, 6.45) is 18.4. The summed E-state index contributed by atoms with van der Waals surface area (Å²) in [5.74, 6) is -8.66. The van der Waals surface area contributed by atoms with Gasteiger partial charge in [-0.2, -0.15) is 0 Å². The number of terminal acetylenes is 2. The van der Waals surface area contributed by atoms with Crippen LogP contribution in [-0.4, -0.2) is 228 Å². The van der Waals surface area contributed by atoms with Gasteiger partial charge in [0.2, 0.25) is 65.0 Å². The predicted octanol–water partition coefficient (Wildman–Crippen LogP) is 4.97. The average molecular weight is 1280 g/mol.